The molecule has 1 aliphatic heterocycles. The van der Waals surface area contributed by atoms with E-state index in [4.69, 9.17) is 4.74 Å². The number of halogens is 3. The average molecular weight is 393 g/mol. The Labute approximate surface area is 161 Å². The highest BCUT2D eigenvalue weighted by Crippen LogP contribution is 2.25. The van der Waals surface area contributed by atoms with E-state index in [1.807, 2.05) is 18.2 Å². The number of benzene rings is 2. The summed E-state index contributed by atoms with van der Waals surface area (Å²) in [6, 6.07) is 13.7. The molecule has 0 aromatic heterocycles. The second-order valence-electron chi connectivity index (χ2n) is 6.50. The molecule has 1 saturated heterocycles. The number of nitrogens with one attached hydrogen (secondary N) is 2. The normalized spacial score (nSPS) is 16.4. The highest BCUT2D eigenvalue weighted by molar-refractivity contribution is 5.94. The highest BCUT2D eigenvalue weighted by atomic mass is 19.4. The van der Waals surface area contributed by atoms with Crippen LogP contribution >= 0.6 is 0 Å². The van der Waals surface area contributed by atoms with Gasteiger partial charge in [0.1, 0.15) is 17.5 Å². The van der Waals surface area contributed by atoms with Crippen LogP contribution in [0.4, 0.5) is 13.2 Å². The van der Waals surface area contributed by atoms with E-state index in [-0.39, 0.29) is 5.56 Å². The number of hydrogen-bond acceptors (Lipinski definition) is 4. The van der Waals surface area contributed by atoms with Gasteiger partial charge in [0, 0.05) is 38.3 Å². The summed E-state index contributed by atoms with van der Waals surface area (Å²) < 4.78 is 46.0. The average Bonchev–Trinajstić information content (AvgIpc) is 2.69. The molecule has 2 N–H and O–H groups in total. The third-order valence-electron chi connectivity index (χ3n) is 4.50. The van der Waals surface area contributed by atoms with Gasteiger partial charge in [-0.05, 0) is 30.3 Å². The van der Waals surface area contributed by atoms with E-state index < -0.39 is 24.7 Å². The van der Waals surface area contributed by atoms with Gasteiger partial charge in [-0.3, -0.25) is 9.69 Å². The largest absolute Gasteiger partial charge is 0.457 e. The summed E-state index contributed by atoms with van der Waals surface area (Å²) in [5, 5.41) is 5.45. The zero-order chi connectivity index (χ0) is 20.0. The molecule has 0 spiro atoms. The molecule has 8 heteroatoms. The van der Waals surface area contributed by atoms with Crippen LogP contribution in [0.15, 0.2) is 54.6 Å². The van der Waals surface area contributed by atoms with Crippen LogP contribution in [-0.4, -0.2) is 55.7 Å². The van der Waals surface area contributed by atoms with Gasteiger partial charge in [-0.15, -0.1) is 0 Å². The Morgan fingerprint density at radius 3 is 2.43 bits per heavy atom. The minimum atomic E-state index is -4.41. The molecule has 0 saturated carbocycles. The van der Waals surface area contributed by atoms with E-state index >= 15 is 0 Å². The topological polar surface area (TPSA) is 53.6 Å². The van der Waals surface area contributed by atoms with Crippen LogP contribution in [0.25, 0.3) is 0 Å². The number of alkyl halides is 3. The lowest BCUT2D eigenvalue weighted by Gasteiger charge is -2.35. The van der Waals surface area contributed by atoms with Crippen LogP contribution in [0.3, 0.4) is 0 Å². The zero-order valence-corrected chi connectivity index (χ0v) is 15.2. The Balaban J connectivity index is 1.64. The van der Waals surface area contributed by atoms with Crippen LogP contribution in [0.1, 0.15) is 10.4 Å². The van der Waals surface area contributed by atoms with Crippen molar-refractivity contribution in [1.82, 2.24) is 15.5 Å². The fraction of sp³-hybridized carbons (Fsp3) is 0.350. The van der Waals surface area contributed by atoms with E-state index in [0.29, 0.717) is 37.7 Å². The van der Waals surface area contributed by atoms with Gasteiger partial charge in [0.25, 0.3) is 5.91 Å². The molecule has 2 aromatic rings. The van der Waals surface area contributed by atoms with Gasteiger partial charge in [-0.2, -0.15) is 13.2 Å². The van der Waals surface area contributed by atoms with E-state index in [1.54, 1.807) is 30.3 Å². The maximum Gasteiger partial charge on any atom is 0.405 e. The highest BCUT2D eigenvalue weighted by Gasteiger charge is 2.43. The molecule has 1 atom stereocenters. The number of carbonyl (C=O) groups is 1. The Hall–Kier alpha value is -2.58. The molecular weight excluding hydrogens is 371 g/mol. The van der Waals surface area contributed by atoms with Crippen LogP contribution in [0.2, 0.25) is 0 Å². The predicted molar refractivity (Wildman–Crippen MR) is 99.6 cm³/mol. The number of nitrogens with zero attached hydrogens (tertiary/aromatic N) is 1. The van der Waals surface area contributed by atoms with Crippen molar-refractivity contribution in [3.05, 3.63) is 60.2 Å². The third-order valence-corrected chi connectivity index (χ3v) is 4.50. The number of ether oxygens (including phenoxy) is 1. The number of amides is 1. The summed E-state index contributed by atoms with van der Waals surface area (Å²) >= 11 is 0. The molecular formula is C20H22F3N3O2. The van der Waals surface area contributed by atoms with Crippen LogP contribution < -0.4 is 15.4 Å². The van der Waals surface area contributed by atoms with Crippen molar-refractivity contribution in [2.24, 2.45) is 0 Å². The summed E-state index contributed by atoms with van der Waals surface area (Å²) in [5.74, 6) is 0.479. The van der Waals surface area contributed by atoms with Crippen molar-refractivity contribution in [3.8, 4) is 11.5 Å². The van der Waals surface area contributed by atoms with Crippen molar-refractivity contribution in [2.45, 2.75) is 12.2 Å². The smallest absolute Gasteiger partial charge is 0.405 e. The van der Waals surface area contributed by atoms with Crippen LogP contribution in [0.5, 0.6) is 11.5 Å². The quantitative estimate of drug-likeness (QED) is 0.792. The summed E-state index contributed by atoms with van der Waals surface area (Å²) in [6.45, 7) is 1.09. The van der Waals surface area contributed by atoms with Crippen molar-refractivity contribution < 1.29 is 22.7 Å². The first-order valence-electron chi connectivity index (χ1n) is 9.06. The van der Waals surface area contributed by atoms with E-state index in [9.17, 15) is 18.0 Å². The molecule has 1 amide bonds. The molecule has 1 fully saturated rings. The monoisotopic (exact) mass is 393 g/mol. The Bertz CT molecular complexity index is 778. The Morgan fingerprint density at radius 2 is 1.75 bits per heavy atom. The molecule has 2 aromatic carbocycles. The summed E-state index contributed by atoms with van der Waals surface area (Å²) in [7, 11) is 0. The minimum absolute atomic E-state index is 0.245. The summed E-state index contributed by atoms with van der Waals surface area (Å²) in [5.41, 5.74) is 0.245. The first-order valence-corrected chi connectivity index (χ1v) is 9.06. The van der Waals surface area contributed by atoms with Gasteiger partial charge in [0.2, 0.25) is 0 Å². The van der Waals surface area contributed by atoms with E-state index in [2.05, 4.69) is 10.6 Å². The van der Waals surface area contributed by atoms with Gasteiger partial charge in [0.15, 0.2) is 0 Å². The van der Waals surface area contributed by atoms with Gasteiger partial charge >= 0.3 is 6.18 Å². The van der Waals surface area contributed by atoms with Gasteiger partial charge < -0.3 is 15.4 Å². The van der Waals surface area contributed by atoms with Gasteiger partial charge in [0.05, 0.1) is 0 Å². The molecule has 0 bridgehead atoms. The lowest BCUT2D eigenvalue weighted by atomic mass is 10.1. The lowest BCUT2D eigenvalue weighted by molar-refractivity contribution is -0.183. The third kappa shape index (κ3) is 5.46. The molecule has 3 rings (SSSR count). The van der Waals surface area contributed by atoms with Gasteiger partial charge in [-0.1, -0.05) is 24.3 Å². The number of hydrogen-bond donors (Lipinski definition) is 2. The van der Waals surface area contributed by atoms with Crippen molar-refractivity contribution >= 4 is 5.91 Å². The Morgan fingerprint density at radius 1 is 1.07 bits per heavy atom. The molecule has 28 heavy (non-hydrogen) atoms. The standard InChI is InChI=1S/C20H22F3N3O2/c21-20(22,23)18(26-11-9-24-10-12-26)14-25-19(27)15-5-4-8-17(13-15)28-16-6-2-1-3-7-16/h1-8,13,18,24H,9-12,14H2,(H,25,27). The minimum Gasteiger partial charge on any atom is -0.457 e. The van der Waals surface area contributed by atoms with Crippen LogP contribution in [0, 0.1) is 0 Å². The molecule has 150 valence electrons. The number of carbonyl (C=O) groups excluding carboxylic acids is 1. The van der Waals surface area contributed by atoms with E-state index in [1.165, 1.54) is 11.0 Å². The second-order valence-corrected chi connectivity index (χ2v) is 6.50. The molecule has 0 radical (unpaired) electrons. The van der Waals surface area contributed by atoms with Crippen LogP contribution in [-0.2, 0) is 0 Å². The second kappa shape index (κ2) is 9.07. The van der Waals surface area contributed by atoms with Crippen molar-refractivity contribution in [3.63, 3.8) is 0 Å². The first kappa shape index (κ1) is 20.2. The van der Waals surface area contributed by atoms with Crippen molar-refractivity contribution in [2.75, 3.05) is 32.7 Å². The molecule has 1 aliphatic rings. The first-order chi connectivity index (χ1) is 13.4. The van der Waals surface area contributed by atoms with E-state index in [0.717, 1.165) is 0 Å². The number of rotatable bonds is 6. The summed E-state index contributed by atoms with van der Waals surface area (Å²) in [6.07, 6.45) is -4.41. The molecule has 5 nitrogen and oxygen atoms in total. The molecule has 1 heterocycles. The number of piperazine rings is 1. The summed E-state index contributed by atoms with van der Waals surface area (Å²) in [4.78, 5) is 13.8. The maximum absolute atomic E-state index is 13.4. The van der Waals surface area contributed by atoms with Crippen molar-refractivity contribution in [1.29, 1.82) is 0 Å². The molecule has 0 aliphatic carbocycles. The molecule has 1 unspecified atom stereocenters. The zero-order valence-electron chi connectivity index (χ0n) is 15.2. The lowest BCUT2D eigenvalue weighted by Crippen LogP contribution is -2.57. The SMILES string of the molecule is O=C(NCC(N1CCNCC1)C(F)(F)F)c1cccc(Oc2ccccc2)c1. The Kier molecular flexibility index (Phi) is 6.53. The maximum atomic E-state index is 13.4. The fourth-order valence-corrected chi connectivity index (χ4v) is 3.06. The fourth-order valence-electron chi connectivity index (χ4n) is 3.06. The number of para-hydroxylation sites is 1. The predicted octanol–water partition coefficient (Wildman–Crippen LogP) is 3.04. The van der Waals surface area contributed by atoms with Gasteiger partial charge in [-0.25, -0.2) is 0 Å².